The highest BCUT2D eigenvalue weighted by Crippen LogP contribution is 2.42. The molecule has 0 aromatic carbocycles. The Balaban J connectivity index is 2.61. The first kappa shape index (κ1) is 15.2. The summed E-state index contributed by atoms with van der Waals surface area (Å²) >= 11 is 4.73. The Bertz CT molecular complexity index is 381. The van der Waals surface area contributed by atoms with Crippen LogP contribution in [0.5, 0.6) is 0 Å². The van der Waals surface area contributed by atoms with Gasteiger partial charge in [-0.2, -0.15) is 5.10 Å². The van der Waals surface area contributed by atoms with Crippen molar-refractivity contribution >= 4 is 23.0 Å². The Hall–Kier alpha value is -0.900. The predicted molar refractivity (Wildman–Crippen MR) is 82.6 cm³/mol. The monoisotopic (exact) mass is 267 g/mol. The summed E-state index contributed by atoms with van der Waals surface area (Å²) in [5.74, 6) is 0. The molecule has 1 aliphatic rings. The molecule has 1 aliphatic carbocycles. The molecule has 0 spiro atoms. The number of nitrogens with two attached hydrogens (primary N) is 1. The molecular formula is C14H25N3S. The van der Waals surface area contributed by atoms with Crippen molar-refractivity contribution in [1.29, 1.82) is 0 Å². The second-order valence-electron chi connectivity index (χ2n) is 5.82. The van der Waals surface area contributed by atoms with Crippen LogP contribution in [0.2, 0.25) is 0 Å². The van der Waals surface area contributed by atoms with Crippen LogP contribution < -0.4 is 11.2 Å². The third kappa shape index (κ3) is 4.41. The summed E-state index contributed by atoms with van der Waals surface area (Å²) in [6.45, 7) is 8.99. The molecule has 0 aromatic heterocycles. The van der Waals surface area contributed by atoms with Gasteiger partial charge in [0.05, 0.1) is 0 Å². The lowest BCUT2D eigenvalue weighted by molar-refractivity contribution is 0.355. The minimum Gasteiger partial charge on any atom is -0.375 e. The number of hydrogen-bond donors (Lipinski definition) is 2. The summed E-state index contributed by atoms with van der Waals surface area (Å²) in [7, 11) is 0. The minimum absolute atomic E-state index is 0.225. The summed E-state index contributed by atoms with van der Waals surface area (Å²) in [6, 6.07) is 0. The Morgan fingerprint density at radius 3 is 2.72 bits per heavy atom. The minimum atomic E-state index is 0.225. The van der Waals surface area contributed by atoms with Crippen LogP contribution in [-0.4, -0.2) is 10.8 Å². The van der Waals surface area contributed by atoms with Crippen molar-refractivity contribution in [3.63, 3.8) is 0 Å². The van der Waals surface area contributed by atoms with E-state index in [2.05, 4.69) is 31.3 Å². The Kier molecular flexibility index (Phi) is 5.32. The normalized spacial score (nSPS) is 19.9. The first-order chi connectivity index (χ1) is 8.33. The molecule has 0 radical (unpaired) electrons. The predicted octanol–water partition coefficient (Wildman–Crippen LogP) is 3.50. The molecule has 0 fully saturated rings. The topological polar surface area (TPSA) is 50.4 Å². The fraction of sp³-hybridized carbons (Fsp3) is 0.714. The van der Waals surface area contributed by atoms with E-state index in [9.17, 15) is 0 Å². The molecule has 0 bridgehead atoms. The van der Waals surface area contributed by atoms with E-state index in [0.717, 1.165) is 18.6 Å². The van der Waals surface area contributed by atoms with E-state index in [1.165, 1.54) is 19.3 Å². The van der Waals surface area contributed by atoms with Crippen LogP contribution >= 0.6 is 12.2 Å². The molecule has 18 heavy (non-hydrogen) atoms. The average Bonchev–Trinajstić information content (AvgIpc) is 2.24. The van der Waals surface area contributed by atoms with E-state index in [1.54, 1.807) is 11.1 Å². The fourth-order valence-electron chi connectivity index (χ4n) is 2.74. The number of hydrazone groups is 1. The van der Waals surface area contributed by atoms with Crippen molar-refractivity contribution in [3.05, 3.63) is 11.1 Å². The van der Waals surface area contributed by atoms with Crippen LogP contribution in [0.3, 0.4) is 0 Å². The van der Waals surface area contributed by atoms with Gasteiger partial charge in [0.1, 0.15) is 0 Å². The molecule has 0 aliphatic heterocycles. The standard InChI is InChI=1S/C14H25N3S/c1-10-6-5-9-14(3,4)12(10)8-7-11(2)16-17-13(15)18/h5-9H2,1-4H3,(H3,15,17,18)/b16-11+. The van der Waals surface area contributed by atoms with Crippen LogP contribution in [0, 0.1) is 5.41 Å². The lowest BCUT2D eigenvalue weighted by Crippen LogP contribution is -2.25. The summed E-state index contributed by atoms with van der Waals surface area (Å²) < 4.78 is 0. The maximum absolute atomic E-state index is 5.35. The van der Waals surface area contributed by atoms with Gasteiger partial charge in [0.2, 0.25) is 0 Å². The number of hydrogen-bond acceptors (Lipinski definition) is 2. The average molecular weight is 267 g/mol. The highest BCUT2D eigenvalue weighted by Gasteiger charge is 2.27. The van der Waals surface area contributed by atoms with Crippen LogP contribution in [0.1, 0.15) is 59.8 Å². The van der Waals surface area contributed by atoms with Crippen molar-refractivity contribution in [2.75, 3.05) is 0 Å². The summed E-state index contributed by atoms with van der Waals surface area (Å²) in [5, 5.41) is 4.38. The van der Waals surface area contributed by atoms with Gasteiger partial charge in [0.25, 0.3) is 0 Å². The zero-order chi connectivity index (χ0) is 13.8. The maximum Gasteiger partial charge on any atom is 0.184 e. The van der Waals surface area contributed by atoms with Gasteiger partial charge in [0.15, 0.2) is 5.11 Å². The lowest BCUT2D eigenvalue weighted by Gasteiger charge is -2.34. The Morgan fingerprint density at radius 2 is 2.17 bits per heavy atom. The molecule has 1 rings (SSSR count). The molecule has 0 amide bonds. The molecule has 3 N–H and O–H groups in total. The second-order valence-corrected chi connectivity index (χ2v) is 6.26. The van der Waals surface area contributed by atoms with Crippen molar-refractivity contribution in [2.24, 2.45) is 16.3 Å². The van der Waals surface area contributed by atoms with Crippen molar-refractivity contribution < 1.29 is 0 Å². The van der Waals surface area contributed by atoms with E-state index in [0.29, 0.717) is 5.41 Å². The molecule has 0 saturated heterocycles. The van der Waals surface area contributed by atoms with Gasteiger partial charge < -0.3 is 5.73 Å². The molecule has 0 saturated carbocycles. The molecule has 3 nitrogen and oxygen atoms in total. The van der Waals surface area contributed by atoms with Crippen LogP contribution in [0.15, 0.2) is 16.2 Å². The molecule has 0 aromatic rings. The lowest BCUT2D eigenvalue weighted by atomic mass is 9.71. The molecule has 102 valence electrons. The Labute approximate surface area is 116 Å². The van der Waals surface area contributed by atoms with Crippen molar-refractivity contribution in [2.45, 2.75) is 59.8 Å². The molecule has 4 heteroatoms. The summed E-state index contributed by atoms with van der Waals surface area (Å²) in [4.78, 5) is 0. The van der Waals surface area contributed by atoms with Gasteiger partial charge in [-0.15, -0.1) is 0 Å². The first-order valence-electron chi connectivity index (χ1n) is 6.60. The van der Waals surface area contributed by atoms with E-state index < -0.39 is 0 Å². The van der Waals surface area contributed by atoms with Crippen LogP contribution in [0.25, 0.3) is 0 Å². The van der Waals surface area contributed by atoms with Gasteiger partial charge in [-0.25, -0.2) is 0 Å². The zero-order valence-corrected chi connectivity index (χ0v) is 12.8. The van der Waals surface area contributed by atoms with Crippen LogP contribution in [0.4, 0.5) is 0 Å². The number of allylic oxidation sites excluding steroid dienone is 2. The molecule has 0 unspecified atom stereocenters. The van der Waals surface area contributed by atoms with Gasteiger partial charge >= 0.3 is 0 Å². The maximum atomic E-state index is 5.35. The number of thiocarbonyl (C=S) groups is 1. The summed E-state index contributed by atoms with van der Waals surface area (Å²) in [5.41, 5.74) is 12.6. The number of nitrogens with zero attached hydrogens (tertiary/aromatic N) is 1. The van der Waals surface area contributed by atoms with E-state index in [4.69, 9.17) is 18.0 Å². The van der Waals surface area contributed by atoms with Gasteiger partial charge in [-0.3, -0.25) is 5.43 Å². The fourth-order valence-corrected chi connectivity index (χ4v) is 2.78. The third-order valence-electron chi connectivity index (χ3n) is 3.78. The second kappa shape index (κ2) is 6.32. The van der Waals surface area contributed by atoms with Crippen LogP contribution in [-0.2, 0) is 0 Å². The Morgan fingerprint density at radius 1 is 1.50 bits per heavy atom. The van der Waals surface area contributed by atoms with Crippen molar-refractivity contribution in [3.8, 4) is 0 Å². The highest BCUT2D eigenvalue weighted by atomic mass is 32.1. The van der Waals surface area contributed by atoms with Gasteiger partial charge in [-0.05, 0) is 63.6 Å². The van der Waals surface area contributed by atoms with Crippen molar-refractivity contribution in [1.82, 2.24) is 5.43 Å². The quantitative estimate of drug-likeness (QED) is 0.355. The summed E-state index contributed by atoms with van der Waals surface area (Å²) in [6.07, 6.45) is 5.92. The largest absolute Gasteiger partial charge is 0.375 e. The van der Waals surface area contributed by atoms with Gasteiger partial charge in [-0.1, -0.05) is 25.0 Å². The molecular weight excluding hydrogens is 242 g/mol. The molecule has 0 atom stereocenters. The molecule has 0 heterocycles. The number of nitrogens with one attached hydrogen (secondary N) is 1. The zero-order valence-electron chi connectivity index (χ0n) is 12.0. The SMILES string of the molecule is CC1=C(CC/C(C)=N/NC(N)=S)C(C)(C)CCC1. The number of rotatable bonds is 4. The smallest absolute Gasteiger partial charge is 0.184 e. The van der Waals surface area contributed by atoms with E-state index in [-0.39, 0.29) is 5.11 Å². The third-order valence-corrected chi connectivity index (χ3v) is 3.87. The van der Waals surface area contributed by atoms with E-state index >= 15 is 0 Å². The highest BCUT2D eigenvalue weighted by molar-refractivity contribution is 7.80. The van der Waals surface area contributed by atoms with Gasteiger partial charge in [0, 0.05) is 5.71 Å². The van der Waals surface area contributed by atoms with E-state index in [1.807, 2.05) is 6.92 Å². The first-order valence-corrected chi connectivity index (χ1v) is 7.01.